The predicted molar refractivity (Wildman–Crippen MR) is 72.6 cm³/mol. The van der Waals surface area contributed by atoms with Crippen molar-refractivity contribution >= 4 is 16.8 Å². The molecule has 24 heavy (non-hydrogen) atoms. The summed E-state index contributed by atoms with van der Waals surface area (Å²) in [5.41, 5.74) is 0.170. The van der Waals surface area contributed by atoms with E-state index in [1.165, 1.54) is 19.2 Å². The minimum atomic E-state index is -4.85. The molecule has 0 saturated carbocycles. The van der Waals surface area contributed by atoms with Gasteiger partial charge in [-0.2, -0.15) is 13.2 Å². The Bertz CT molecular complexity index is 735. The van der Waals surface area contributed by atoms with Gasteiger partial charge >= 0.3 is 12.5 Å². The third-order valence-corrected chi connectivity index (χ3v) is 3.14. The molecule has 0 aliphatic rings. The Hall–Kier alpha value is -2.39. The normalized spacial score (nSPS) is 12.5. The zero-order valence-electron chi connectivity index (χ0n) is 12.3. The number of ether oxygens (including phenoxy) is 1. The lowest BCUT2D eigenvalue weighted by atomic mass is 10.2. The van der Waals surface area contributed by atoms with Crippen molar-refractivity contribution in [2.45, 2.75) is 19.0 Å². The van der Waals surface area contributed by atoms with Crippen molar-refractivity contribution in [1.82, 2.24) is 9.88 Å². The van der Waals surface area contributed by atoms with Crippen LogP contribution in [-0.2, 0) is 0 Å². The van der Waals surface area contributed by atoms with Crippen molar-refractivity contribution in [2.75, 3.05) is 13.6 Å². The Morgan fingerprint density at radius 3 is 2.42 bits per heavy atom. The molecule has 1 aromatic heterocycles. The van der Waals surface area contributed by atoms with Crippen LogP contribution in [0.25, 0.3) is 10.9 Å². The summed E-state index contributed by atoms with van der Waals surface area (Å²) in [4.78, 5) is 15.5. The van der Waals surface area contributed by atoms with E-state index in [0.29, 0.717) is 5.39 Å². The number of carbonyl (C=O) groups excluding carboxylic acids is 1. The molecule has 0 unspecified atom stereocenters. The van der Waals surface area contributed by atoms with Crippen LogP contribution in [0, 0.1) is 0 Å². The molecular formula is C14H12F6N2O2. The van der Waals surface area contributed by atoms with Crippen LogP contribution < -0.4 is 4.74 Å². The second-order valence-corrected chi connectivity index (χ2v) is 5.07. The predicted octanol–water partition coefficient (Wildman–Crippen LogP) is 4.09. The zero-order chi connectivity index (χ0) is 18.1. The van der Waals surface area contributed by atoms with Gasteiger partial charge in [-0.1, -0.05) is 0 Å². The molecule has 0 saturated heterocycles. The van der Waals surface area contributed by atoms with Crippen LogP contribution in [0.5, 0.6) is 5.75 Å². The summed E-state index contributed by atoms with van der Waals surface area (Å²) < 4.78 is 76.8. The molecule has 0 radical (unpaired) electrons. The summed E-state index contributed by atoms with van der Waals surface area (Å²) in [5, 5.41) is 0.428. The smallest absolute Gasteiger partial charge is 0.406 e. The minimum absolute atomic E-state index is 0.0289. The molecule has 0 aliphatic carbocycles. The first kappa shape index (κ1) is 18.0. The number of hydrogen-bond acceptors (Lipinski definition) is 2. The van der Waals surface area contributed by atoms with Crippen molar-refractivity contribution in [2.24, 2.45) is 0 Å². The number of halogens is 6. The molecule has 132 valence electrons. The number of alkyl halides is 6. The average molecular weight is 354 g/mol. The van der Waals surface area contributed by atoms with Gasteiger partial charge in [0.25, 0.3) is 5.91 Å². The van der Waals surface area contributed by atoms with Gasteiger partial charge in [-0.15, -0.1) is 13.2 Å². The third kappa shape index (κ3) is 4.80. The maximum absolute atomic E-state index is 12.2. The second-order valence-electron chi connectivity index (χ2n) is 5.07. The van der Waals surface area contributed by atoms with Crippen LogP contribution in [0.3, 0.4) is 0 Å². The highest BCUT2D eigenvalue weighted by atomic mass is 19.4. The van der Waals surface area contributed by atoms with Gasteiger partial charge in [-0.25, -0.2) is 0 Å². The summed E-state index contributed by atoms with van der Waals surface area (Å²) in [5.74, 6) is -1.17. The lowest BCUT2D eigenvalue weighted by Crippen LogP contribution is -2.30. The second kappa shape index (κ2) is 6.25. The lowest BCUT2D eigenvalue weighted by molar-refractivity contribution is -0.274. The van der Waals surface area contributed by atoms with Crippen molar-refractivity contribution in [1.29, 1.82) is 0 Å². The number of aromatic nitrogens is 1. The first-order chi connectivity index (χ1) is 10.9. The Morgan fingerprint density at radius 1 is 1.17 bits per heavy atom. The van der Waals surface area contributed by atoms with E-state index in [1.807, 2.05) is 0 Å². The van der Waals surface area contributed by atoms with Crippen molar-refractivity contribution in [3.63, 3.8) is 0 Å². The number of rotatable bonds is 4. The molecule has 4 nitrogen and oxygen atoms in total. The van der Waals surface area contributed by atoms with E-state index >= 15 is 0 Å². The van der Waals surface area contributed by atoms with E-state index in [1.54, 1.807) is 0 Å². The van der Waals surface area contributed by atoms with Crippen LogP contribution in [0.4, 0.5) is 26.3 Å². The quantitative estimate of drug-likeness (QED) is 0.841. The molecule has 0 atom stereocenters. The van der Waals surface area contributed by atoms with E-state index in [2.05, 4.69) is 9.72 Å². The van der Waals surface area contributed by atoms with Gasteiger partial charge < -0.3 is 14.6 Å². The highest BCUT2D eigenvalue weighted by molar-refractivity contribution is 5.98. The van der Waals surface area contributed by atoms with Gasteiger partial charge in [0.1, 0.15) is 11.4 Å². The third-order valence-electron chi connectivity index (χ3n) is 3.14. The zero-order valence-corrected chi connectivity index (χ0v) is 12.3. The molecular weight excluding hydrogens is 342 g/mol. The largest absolute Gasteiger partial charge is 0.573 e. The molecule has 1 aromatic carbocycles. The SMILES string of the molecule is CN(CCC(F)(F)F)C(=O)c1cc2ccc(OC(F)(F)F)cc2[nH]1. The average Bonchev–Trinajstić information content (AvgIpc) is 2.84. The minimum Gasteiger partial charge on any atom is -0.406 e. The van der Waals surface area contributed by atoms with Gasteiger partial charge in [-0.3, -0.25) is 4.79 Å². The molecule has 1 heterocycles. The van der Waals surface area contributed by atoms with Crippen LogP contribution in [0.2, 0.25) is 0 Å². The Kier molecular flexibility index (Phi) is 4.68. The fourth-order valence-electron chi connectivity index (χ4n) is 2.02. The molecule has 0 spiro atoms. The number of benzene rings is 1. The van der Waals surface area contributed by atoms with Gasteiger partial charge in [0.05, 0.1) is 6.42 Å². The Labute approximate surface area is 132 Å². The van der Waals surface area contributed by atoms with Crippen molar-refractivity contribution < 1.29 is 35.9 Å². The van der Waals surface area contributed by atoms with Crippen LogP contribution >= 0.6 is 0 Å². The topological polar surface area (TPSA) is 45.3 Å². The highest BCUT2D eigenvalue weighted by Gasteiger charge is 2.31. The summed E-state index contributed by atoms with van der Waals surface area (Å²) >= 11 is 0. The van der Waals surface area contributed by atoms with Crippen LogP contribution in [0.1, 0.15) is 16.9 Å². The number of nitrogens with one attached hydrogen (secondary N) is 1. The van der Waals surface area contributed by atoms with Crippen molar-refractivity contribution in [3.8, 4) is 5.75 Å². The molecule has 0 bridgehead atoms. The summed E-state index contributed by atoms with van der Waals surface area (Å²) in [6.07, 6.45) is -10.4. The summed E-state index contributed by atoms with van der Waals surface area (Å²) in [7, 11) is 1.21. The standard InChI is InChI=1S/C14H12F6N2O2/c1-22(5-4-13(15,16)17)12(23)11-6-8-2-3-9(7-10(8)21-11)24-14(18,19)20/h2-3,6-7,21H,4-5H2,1H3. The number of carbonyl (C=O) groups is 1. The molecule has 2 rings (SSSR count). The molecule has 0 fully saturated rings. The number of nitrogens with zero attached hydrogens (tertiary/aromatic N) is 1. The molecule has 2 aromatic rings. The maximum Gasteiger partial charge on any atom is 0.573 e. The lowest BCUT2D eigenvalue weighted by Gasteiger charge is -2.17. The van der Waals surface area contributed by atoms with E-state index in [4.69, 9.17) is 0 Å². The maximum atomic E-state index is 12.2. The highest BCUT2D eigenvalue weighted by Crippen LogP contribution is 2.27. The Morgan fingerprint density at radius 2 is 1.83 bits per heavy atom. The van der Waals surface area contributed by atoms with E-state index in [0.717, 1.165) is 17.0 Å². The van der Waals surface area contributed by atoms with Gasteiger partial charge in [-0.05, 0) is 18.2 Å². The van der Waals surface area contributed by atoms with Crippen LogP contribution in [-0.4, -0.2) is 41.9 Å². The van der Waals surface area contributed by atoms with Gasteiger partial charge in [0.2, 0.25) is 0 Å². The van der Waals surface area contributed by atoms with E-state index < -0.39 is 37.2 Å². The number of amides is 1. The first-order valence-electron chi connectivity index (χ1n) is 6.65. The molecule has 1 amide bonds. The Balaban J connectivity index is 2.16. The number of H-pyrrole nitrogens is 1. The monoisotopic (exact) mass is 354 g/mol. The first-order valence-corrected chi connectivity index (χ1v) is 6.65. The number of aromatic amines is 1. The summed E-state index contributed by atoms with van der Waals surface area (Å²) in [6.45, 7) is -0.528. The van der Waals surface area contributed by atoms with Gasteiger partial charge in [0, 0.05) is 30.6 Å². The van der Waals surface area contributed by atoms with E-state index in [-0.39, 0.29) is 11.2 Å². The van der Waals surface area contributed by atoms with Crippen LogP contribution in [0.15, 0.2) is 24.3 Å². The fourth-order valence-corrected chi connectivity index (χ4v) is 2.02. The molecule has 1 N–H and O–H groups in total. The fraction of sp³-hybridized carbons (Fsp3) is 0.357. The van der Waals surface area contributed by atoms with Crippen molar-refractivity contribution in [3.05, 3.63) is 30.0 Å². The number of hydrogen-bond donors (Lipinski definition) is 1. The van der Waals surface area contributed by atoms with E-state index in [9.17, 15) is 31.1 Å². The molecule has 10 heteroatoms. The summed E-state index contributed by atoms with van der Waals surface area (Å²) in [6, 6.07) is 4.78. The van der Waals surface area contributed by atoms with Gasteiger partial charge in [0.15, 0.2) is 0 Å². The molecule has 0 aliphatic heterocycles. The number of fused-ring (bicyclic) bond motifs is 1.